The predicted octanol–water partition coefficient (Wildman–Crippen LogP) is 2.14. The molecule has 2 saturated heterocycles. The summed E-state index contributed by atoms with van der Waals surface area (Å²) < 4.78 is 0. The van der Waals surface area contributed by atoms with Crippen LogP contribution in [0, 0.1) is 5.92 Å². The van der Waals surface area contributed by atoms with Crippen molar-refractivity contribution in [3.63, 3.8) is 0 Å². The van der Waals surface area contributed by atoms with E-state index in [4.69, 9.17) is 0 Å². The molecule has 3 rings (SSSR count). The van der Waals surface area contributed by atoms with E-state index >= 15 is 0 Å². The SMILES string of the molecule is CN(C[C@@H]1CCCN2CCCC[C@H]12)C(=O)CNC(=O)c1ccccc1. The molecule has 2 atom stereocenters. The van der Waals surface area contributed by atoms with Crippen LogP contribution in [-0.4, -0.2) is 60.9 Å². The Kier molecular flexibility index (Phi) is 6.08. The van der Waals surface area contributed by atoms with Crippen molar-refractivity contribution in [3.05, 3.63) is 35.9 Å². The number of carbonyl (C=O) groups is 2. The first kappa shape index (κ1) is 17.9. The van der Waals surface area contributed by atoms with Gasteiger partial charge in [-0.05, 0) is 56.8 Å². The second kappa shape index (κ2) is 8.48. The van der Waals surface area contributed by atoms with E-state index < -0.39 is 0 Å². The summed E-state index contributed by atoms with van der Waals surface area (Å²) in [6.07, 6.45) is 6.31. The molecule has 5 nitrogen and oxygen atoms in total. The standard InChI is InChI=1S/C20H29N3O2/c1-22(15-17-10-7-13-23-12-6-5-11-18(17)23)19(24)14-21-20(25)16-8-3-2-4-9-16/h2-4,8-9,17-18H,5-7,10-15H2,1H3,(H,21,25)/t17-,18+/m0/s1. The molecule has 1 N–H and O–H groups in total. The molecule has 2 heterocycles. The van der Waals surface area contributed by atoms with Crippen molar-refractivity contribution >= 4 is 11.8 Å². The van der Waals surface area contributed by atoms with Gasteiger partial charge in [0.1, 0.15) is 0 Å². The Labute approximate surface area is 150 Å². The van der Waals surface area contributed by atoms with Crippen molar-refractivity contribution in [2.45, 2.75) is 38.1 Å². The van der Waals surface area contributed by atoms with Gasteiger partial charge in [-0.25, -0.2) is 0 Å². The summed E-state index contributed by atoms with van der Waals surface area (Å²) in [6.45, 7) is 3.28. The van der Waals surface area contributed by atoms with Crippen LogP contribution in [0.5, 0.6) is 0 Å². The fourth-order valence-electron chi connectivity index (χ4n) is 4.23. The summed E-state index contributed by atoms with van der Waals surface area (Å²) in [5, 5.41) is 2.73. The number of piperidine rings is 2. The van der Waals surface area contributed by atoms with Crippen LogP contribution >= 0.6 is 0 Å². The van der Waals surface area contributed by atoms with Gasteiger partial charge in [0.15, 0.2) is 0 Å². The van der Waals surface area contributed by atoms with Crippen molar-refractivity contribution in [2.24, 2.45) is 5.92 Å². The molecule has 0 aliphatic carbocycles. The number of nitrogens with one attached hydrogen (secondary N) is 1. The van der Waals surface area contributed by atoms with Crippen LogP contribution in [0.15, 0.2) is 30.3 Å². The molecular formula is C20H29N3O2. The summed E-state index contributed by atoms with van der Waals surface area (Å²) in [4.78, 5) is 28.9. The summed E-state index contributed by atoms with van der Waals surface area (Å²) >= 11 is 0. The molecule has 1 aromatic carbocycles. The van der Waals surface area contributed by atoms with Gasteiger partial charge in [-0.2, -0.15) is 0 Å². The maximum atomic E-state index is 12.4. The maximum absolute atomic E-state index is 12.4. The second-order valence-corrected chi connectivity index (χ2v) is 7.32. The summed E-state index contributed by atoms with van der Waals surface area (Å²) in [5.41, 5.74) is 0.586. The Morgan fingerprint density at radius 3 is 2.68 bits per heavy atom. The number of carbonyl (C=O) groups excluding carboxylic acids is 2. The number of likely N-dealkylation sites (N-methyl/N-ethyl adjacent to an activating group) is 1. The molecule has 5 heteroatoms. The van der Waals surface area contributed by atoms with Gasteiger partial charge in [0.2, 0.25) is 5.91 Å². The Hall–Kier alpha value is -1.88. The molecule has 2 fully saturated rings. The minimum absolute atomic E-state index is 0.0165. The number of amides is 2. The van der Waals surface area contributed by atoms with Gasteiger partial charge in [-0.15, -0.1) is 0 Å². The van der Waals surface area contributed by atoms with E-state index in [9.17, 15) is 9.59 Å². The quantitative estimate of drug-likeness (QED) is 0.891. The number of hydrogen-bond acceptors (Lipinski definition) is 3. The lowest BCUT2D eigenvalue weighted by atomic mass is 9.83. The third-order valence-electron chi connectivity index (χ3n) is 5.60. The maximum Gasteiger partial charge on any atom is 0.251 e. The monoisotopic (exact) mass is 343 g/mol. The molecule has 25 heavy (non-hydrogen) atoms. The highest BCUT2D eigenvalue weighted by Gasteiger charge is 2.33. The molecule has 2 aliphatic rings. The number of fused-ring (bicyclic) bond motifs is 1. The first-order valence-electron chi connectivity index (χ1n) is 9.46. The van der Waals surface area contributed by atoms with Gasteiger partial charge < -0.3 is 15.1 Å². The van der Waals surface area contributed by atoms with Gasteiger partial charge >= 0.3 is 0 Å². The third kappa shape index (κ3) is 4.60. The van der Waals surface area contributed by atoms with Crippen LogP contribution in [0.2, 0.25) is 0 Å². The van der Waals surface area contributed by atoms with Crippen LogP contribution < -0.4 is 5.32 Å². The first-order valence-corrected chi connectivity index (χ1v) is 9.46. The van der Waals surface area contributed by atoms with Crippen LogP contribution in [-0.2, 0) is 4.79 Å². The zero-order chi connectivity index (χ0) is 17.6. The number of benzene rings is 1. The van der Waals surface area contributed by atoms with Gasteiger partial charge in [0, 0.05) is 25.2 Å². The van der Waals surface area contributed by atoms with E-state index in [1.54, 1.807) is 17.0 Å². The van der Waals surface area contributed by atoms with Crippen molar-refractivity contribution < 1.29 is 9.59 Å². The Morgan fingerprint density at radius 2 is 1.88 bits per heavy atom. The lowest BCUT2D eigenvalue weighted by molar-refractivity contribution is -0.130. The highest BCUT2D eigenvalue weighted by atomic mass is 16.2. The van der Waals surface area contributed by atoms with Crippen LogP contribution in [0.3, 0.4) is 0 Å². The van der Waals surface area contributed by atoms with Crippen LogP contribution in [0.25, 0.3) is 0 Å². The second-order valence-electron chi connectivity index (χ2n) is 7.32. The predicted molar refractivity (Wildman–Crippen MR) is 98.3 cm³/mol. The average Bonchev–Trinajstić information content (AvgIpc) is 2.66. The number of rotatable bonds is 5. The number of nitrogens with zero attached hydrogens (tertiary/aromatic N) is 2. The van der Waals surface area contributed by atoms with Crippen molar-refractivity contribution in [1.29, 1.82) is 0 Å². The van der Waals surface area contributed by atoms with Gasteiger partial charge in [0.25, 0.3) is 5.91 Å². The Morgan fingerprint density at radius 1 is 1.12 bits per heavy atom. The van der Waals surface area contributed by atoms with Crippen LogP contribution in [0.4, 0.5) is 0 Å². The van der Waals surface area contributed by atoms with Gasteiger partial charge in [0.05, 0.1) is 6.54 Å². The van der Waals surface area contributed by atoms with E-state index in [0.717, 1.165) is 6.54 Å². The van der Waals surface area contributed by atoms with E-state index in [-0.39, 0.29) is 18.4 Å². The highest BCUT2D eigenvalue weighted by Crippen LogP contribution is 2.31. The van der Waals surface area contributed by atoms with E-state index in [1.165, 1.54) is 45.2 Å². The zero-order valence-electron chi connectivity index (χ0n) is 15.1. The minimum Gasteiger partial charge on any atom is -0.344 e. The molecule has 0 unspecified atom stereocenters. The molecule has 2 aliphatic heterocycles. The molecule has 0 aromatic heterocycles. The molecule has 2 amide bonds. The Balaban J connectivity index is 1.48. The summed E-state index contributed by atoms with van der Waals surface area (Å²) in [5.74, 6) is 0.350. The van der Waals surface area contributed by atoms with Crippen LogP contribution in [0.1, 0.15) is 42.5 Å². The fourth-order valence-corrected chi connectivity index (χ4v) is 4.23. The van der Waals surface area contributed by atoms with E-state index in [2.05, 4.69) is 10.2 Å². The van der Waals surface area contributed by atoms with Gasteiger partial charge in [-0.1, -0.05) is 24.6 Å². The van der Waals surface area contributed by atoms with Gasteiger partial charge in [-0.3, -0.25) is 9.59 Å². The molecule has 1 aromatic rings. The fraction of sp³-hybridized carbons (Fsp3) is 0.600. The van der Waals surface area contributed by atoms with Crippen molar-refractivity contribution in [2.75, 3.05) is 33.2 Å². The largest absolute Gasteiger partial charge is 0.344 e. The summed E-state index contributed by atoms with van der Waals surface area (Å²) in [7, 11) is 1.86. The third-order valence-corrected chi connectivity index (χ3v) is 5.60. The molecule has 0 spiro atoms. The molecule has 0 saturated carbocycles. The molecule has 0 bridgehead atoms. The molecule has 0 radical (unpaired) electrons. The zero-order valence-corrected chi connectivity index (χ0v) is 15.1. The molecular weight excluding hydrogens is 314 g/mol. The molecule has 136 valence electrons. The summed E-state index contributed by atoms with van der Waals surface area (Å²) in [6, 6.07) is 9.65. The Bertz CT molecular complexity index is 588. The van der Waals surface area contributed by atoms with E-state index in [0.29, 0.717) is 17.5 Å². The first-order chi connectivity index (χ1) is 12.1. The average molecular weight is 343 g/mol. The highest BCUT2D eigenvalue weighted by molar-refractivity contribution is 5.96. The smallest absolute Gasteiger partial charge is 0.251 e. The normalized spacial score (nSPS) is 23.6. The lowest BCUT2D eigenvalue weighted by Crippen LogP contribution is -2.51. The van der Waals surface area contributed by atoms with E-state index in [1.807, 2.05) is 25.2 Å². The minimum atomic E-state index is -0.196. The lowest BCUT2D eigenvalue weighted by Gasteiger charge is -2.45. The topological polar surface area (TPSA) is 52.6 Å². The van der Waals surface area contributed by atoms with Crippen molar-refractivity contribution in [3.8, 4) is 0 Å². The number of hydrogen-bond donors (Lipinski definition) is 1. The van der Waals surface area contributed by atoms with Crippen molar-refractivity contribution in [1.82, 2.24) is 15.1 Å².